The Morgan fingerprint density at radius 2 is 1.38 bits per heavy atom. The van der Waals surface area contributed by atoms with E-state index in [-0.39, 0.29) is 23.0 Å². The Kier molecular flexibility index (Phi) is 2.27. The molecule has 0 aromatic carbocycles. The van der Waals surface area contributed by atoms with Crippen molar-refractivity contribution < 1.29 is 0 Å². The number of hydrogen-bond donors (Lipinski definition) is 2. The van der Waals surface area contributed by atoms with Crippen LogP contribution >= 0.6 is 0 Å². The van der Waals surface area contributed by atoms with Gasteiger partial charge in [-0.1, -0.05) is 6.58 Å². The lowest BCUT2D eigenvalue weighted by atomic mass is 9.91. The van der Waals surface area contributed by atoms with E-state index in [1.54, 1.807) is 12.1 Å². The number of H-pyrrole nitrogens is 2. The van der Waals surface area contributed by atoms with E-state index in [0.717, 1.165) is 45.6 Å². The number of aromatic nitrogens is 2. The first kappa shape index (κ1) is 12.4. The Morgan fingerprint density at radius 1 is 0.952 bits per heavy atom. The van der Waals surface area contributed by atoms with Crippen molar-refractivity contribution in [3.05, 3.63) is 73.1 Å². The lowest BCUT2D eigenvalue weighted by Crippen LogP contribution is -2.13. The van der Waals surface area contributed by atoms with Crippen molar-refractivity contribution >= 4 is 5.57 Å². The van der Waals surface area contributed by atoms with Gasteiger partial charge in [0.05, 0.1) is 0 Å². The molecule has 2 N–H and O–H groups in total. The van der Waals surface area contributed by atoms with E-state index in [1.807, 2.05) is 13.8 Å². The fourth-order valence-electron chi connectivity index (χ4n) is 3.74. The molecule has 21 heavy (non-hydrogen) atoms. The quantitative estimate of drug-likeness (QED) is 0.777. The molecule has 4 heteroatoms. The minimum Gasteiger partial charge on any atom is -0.325 e. The fourth-order valence-corrected chi connectivity index (χ4v) is 3.74. The lowest BCUT2D eigenvalue weighted by Gasteiger charge is -2.16. The van der Waals surface area contributed by atoms with E-state index in [4.69, 9.17) is 0 Å². The van der Waals surface area contributed by atoms with E-state index in [9.17, 15) is 9.59 Å². The fraction of sp³-hybridized carbons (Fsp3) is 0.294. The first-order chi connectivity index (χ1) is 9.97. The van der Waals surface area contributed by atoms with Crippen molar-refractivity contribution in [2.24, 2.45) is 0 Å². The molecular weight excluding hydrogens is 264 g/mol. The molecule has 2 aliphatic carbocycles. The summed E-state index contributed by atoms with van der Waals surface area (Å²) in [7, 11) is 0. The van der Waals surface area contributed by atoms with Crippen LogP contribution in [0, 0.1) is 13.8 Å². The molecule has 4 rings (SSSR count). The van der Waals surface area contributed by atoms with Gasteiger partial charge in [0.25, 0.3) is 0 Å². The summed E-state index contributed by atoms with van der Waals surface area (Å²) in [6.07, 6.45) is 0.964. The Balaban J connectivity index is 2.10. The molecule has 2 heterocycles. The average molecular weight is 280 g/mol. The van der Waals surface area contributed by atoms with Crippen LogP contribution in [-0.4, -0.2) is 9.97 Å². The van der Waals surface area contributed by atoms with Crippen LogP contribution in [0.3, 0.4) is 0 Å². The standard InChI is InChI=1S/C17H16N2O2/c1-7-4-12(20)18-16-10-6-11(10)17-15(9(3)14(7)16)8(2)5-13(21)19-17/h4-5,10-11H,3,6H2,1-2H3,(H,18,20)(H,19,21). The van der Waals surface area contributed by atoms with Crippen LogP contribution in [0.5, 0.6) is 0 Å². The zero-order valence-corrected chi connectivity index (χ0v) is 12.0. The maximum atomic E-state index is 11.8. The highest BCUT2D eigenvalue weighted by Gasteiger charge is 2.46. The molecule has 0 spiro atoms. The summed E-state index contributed by atoms with van der Waals surface area (Å²) >= 11 is 0. The maximum Gasteiger partial charge on any atom is 0.248 e. The Bertz CT molecular complexity index is 844. The molecule has 0 aliphatic heterocycles. The minimum atomic E-state index is -0.0686. The van der Waals surface area contributed by atoms with E-state index in [1.165, 1.54) is 0 Å². The Labute approximate surface area is 121 Å². The third-order valence-corrected chi connectivity index (χ3v) is 4.67. The topological polar surface area (TPSA) is 65.7 Å². The van der Waals surface area contributed by atoms with Gasteiger partial charge in [0.15, 0.2) is 0 Å². The Hall–Kier alpha value is -2.36. The molecule has 4 nitrogen and oxygen atoms in total. The number of nitrogens with one attached hydrogen (secondary N) is 2. The van der Waals surface area contributed by atoms with Gasteiger partial charge in [-0.2, -0.15) is 0 Å². The third kappa shape index (κ3) is 1.62. The first-order valence-electron chi connectivity index (χ1n) is 7.14. The summed E-state index contributed by atoms with van der Waals surface area (Å²) in [6.45, 7) is 8.14. The van der Waals surface area contributed by atoms with E-state index < -0.39 is 0 Å². The second-order valence-corrected chi connectivity index (χ2v) is 6.14. The van der Waals surface area contributed by atoms with Gasteiger partial charge in [-0.3, -0.25) is 9.59 Å². The summed E-state index contributed by atoms with van der Waals surface area (Å²) in [5.74, 6) is 0.561. The predicted octanol–water partition coefficient (Wildman–Crippen LogP) is 2.33. The van der Waals surface area contributed by atoms with Crippen molar-refractivity contribution in [3.8, 4) is 0 Å². The van der Waals surface area contributed by atoms with Crippen molar-refractivity contribution in [1.82, 2.24) is 9.97 Å². The second kappa shape index (κ2) is 3.85. The van der Waals surface area contributed by atoms with Crippen LogP contribution < -0.4 is 11.1 Å². The minimum absolute atomic E-state index is 0.0686. The highest BCUT2D eigenvalue weighted by atomic mass is 16.1. The largest absolute Gasteiger partial charge is 0.325 e. The summed E-state index contributed by atoms with van der Waals surface area (Å²) in [5.41, 5.74) is 6.69. The molecule has 2 aliphatic rings. The van der Waals surface area contributed by atoms with Crippen molar-refractivity contribution in [2.45, 2.75) is 32.1 Å². The van der Waals surface area contributed by atoms with Crippen LogP contribution in [0.1, 0.15) is 51.9 Å². The average Bonchev–Trinajstić information content (AvgIpc) is 3.15. The van der Waals surface area contributed by atoms with Gasteiger partial charge in [0.2, 0.25) is 11.1 Å². The summed E-state index contributed by atoms with van der Waals surface area (Å²) in [6, 6.07) is 3.24. The monoisotopic (exact) mass is 280 g/mol. The number of hydrogen-bond acceptors (Lipinski definition) is 2. The number of aryl methyl sites for hydroxylation is 2. The van der Waals surface area contributed by atoms with Gasteiger partial charge in [-0.05, 0) is 37.0 Å². The van der Waals surface area contributed by atoms with Crippen LogP contribution in [-0.2, 0) is 0 Å². The van der Waals surface area contributed by atoms with Gasteiger partial charge in [0.1, 0.15) is 0 Å². The predicted molar refractivity (Wildman–Crippen MR) is 81.8 cm³/mol. The number of fused-ring (bicyclic) bond motifs is 5. The molecule has 2 aromatic rings. The zero-order valence-electron chi connectivity index (χ0n) is 12.0. The van der Waals surface area contributed by atoms with E-state index >= 15 is 0 Å². The first-order valence-corrected chi connectivity index (χ1v) is 7.14. The molecule has 2 aromatic heterocycles. The van der Waals surface area contributed by atoms with Crippen LogP contribution in [0.25, 0.3) is 5.57 Å². The number of aromatic amines is 2. The molecule has 1 saturated carbocycles. The van der Waals surface area contributed by atoms with Crippen molar-refractivity contribution in [3.63, 3.8) is 0 Å². The SMILES string of the molecule is C=C1c2c(C)cc(=O)[nH]c2C2CC2c2[nH]c(=O)cc(C)c21. The molecule has 2 unspecified atom stereocenters. The summed E-state index contributed by atoms with van der Waals surface area (Å²) in [4.78, 5) is 29.6. The second-order valence-electron chi connectivity index (χ2n) is 6.14. The van der Waals surface area contributed by atoms with Gasteiger partial charge in [-0.15, -0.1) is 0 Å². The molecular formula is C17H16N2O2. The van der Waals surface area contributed by atoms with Gasteiger partial charge < -0.3 is 9.97 Å². The molecule has 0 bridgehead atoms. The smallest absolute Gasteiger partial charge is 0.248 e. The van der Waals surface area contributed by atoms with Crippen molar-refractivity contribution in [2.75, 3.05) is 0 Å². The molecule has 1 fully saturated rings. The van der Waals surface area contributed by atoms with Gasteiger partial charge >= 0.3 is 0 Å². The third-order valence-electron chi connectivity index (χ3n) is 4.67. The summed E-state index contributed by atoms with van der Waals surface area (Å²) in [5, 5.41) is 0. The normalized spacial score (nSPS) is 22.1. The molecule has 2 atom stereocenters. The van der Waals surface area contributed by atoms with Gasteiger partial charge in [0, 0.05) is 46.5 Å². The molecule has 106 valence electrons. The lowest BCUT2D eigenvalue weighted by molar-refractivity contribution is 0.915. The van der Waals surface area contributed by atoms with Crippen LogP contribution in [0.2, 0.25) is 0 Å². The van der Waals surface area contributed by atoms with E-state index in [2.05, 4.69) is 16.5 Å². The number of rotatable bonds is 0. The van der Waals surface area contributed by atoms with Gasteiger partial charge in [-0.25, -0.2) is 0 Å². The highest BCUT2D eigenvalue weighted by Crippen LogP contribution is 2.59. The van der Waals surface area contributed by atoms with Crippen LogP contribution in [0.4, 0.5) is 0 Å². The van der Waals surface area contributed by atoms with Crippen molar-refractivity contribution in [1.29, 1.82) is 0 Å². The summed E-state index contributed by atoms with van der Waals surface area (Å²) < 4.78 is 0. The molecule has 0 radical (unpaired) electrons. The van der Waals surface area contributed by atoms with E-state index in [0.29, 0.717) is 0 Å². The zero-order chi connectivity index (χ0) is 14.9. The maximum absolute atomic E-state index is 11.8. The molecule has 0 saturated heterocycles. The highest BCUT2D eigenvalue weighted by molar-refractivity contribution is 5.85. The number of pyridine rings is 2. The molecule has 0 amide bonds. The van der Waals surface area contributed by atoms with Crippen LogP contribution in [0.15, 0.2) is 28.3 Å². The Morgan fingerprint density at radius 3 is 1.81 bits per heavy atom.